The number of rotatable bonds is 4. The van der Waals surface area contributed by atoms with E-state index < -0.39 is 5.97 Å². The maximum atomic E-state index is 12.9. The van der Waals surface area contributed by atoms with E-state index in [2.05, 4.69) is 10.9 Å². The number of terminal acetylenes is 1. The quantitative estimate of drug-likeness (QED) is 0.713. The van der Waals surface area contributed by atoms with Crippen molar-refractivity contribution >= 4 is 39.1 Å². The number of hydrogen-bond donors (Lipinski definition) is 1. The largest absolute Gasteiger partial charge is 0.477 e. The molecule has 0 amide bonds. The number of halogens is 1. The van der Waals surface area contributed by atoms with Gasteiger partial charge < -0.3 is 5.11 Å². The molecule has 2 heterocycles. The third-order valence-electron chi connectivity index (χ3n) is 3.82. The van der Waals surface area contributed by atoms with Crippen LogP contribution in [0.4, 0.5) is 0 Å². The molecular weight excluding hydrogens is 360 g/mol. The van der Waals surface area contributed by atoms with E-state index >= 15 is 0 Å². The lowest BCUT2D eigenvalue weighted by Crippen LogP contribution is -2.25. The molecule has 0 bridgehead atoms. The van der Waals surface area contributed by atoms with Crippen molar-refractivity contribution in [1.82, 2.24) is 9.55 Å². The summed E-state index contributed by atoms with van der Waals surface area (Å²) in [4.78, 5) is 29.3. The summed E-state index contributed by atoms with van der Waals surface area (Å²) >= 11 is 7.01. The van der Waals surface area contributed by atoms with Crippen LogP contribution in [-0.2, 0) is 13.0 Å². The van der Waals surface area contributed by atoms with Gasteiger partial charge in [0.2, 0.25) is 0 Å². The van der Waals surface area contributed by atoms with E-state index in [-0.39, 0.29) is 17.0 Å². The van der Waals surface area contributed by atoms with Gasteiger partial charge in [0.15, 0.2) is 0 Å². The van der Waals surface area contributed by atoms with Gasteiger partial charge in [0.1, 0.15) is 15.5 Å². The lowest BCUT2D eigenvalue weighted by Gasteiger charge is -2.10. The van der Waals surface area contributed by atoms with Crippen LogP contribution >= 0.6 is 22.9 Å². The van der Waals surface area contributed by atoms with Crippen LogP contribution in [0, 0.1) is 19.3 Å². The second-order valence-electron chi connectivity index (χ2n) is 5.47. The van der Waals surface area contributed by atoms with E-state index in [0.717, 1.165) is 16.9 Å². The Balaban J connectivity index is 2.24. The molecule has 0 spiro atoms. The van der Waals surface area contributed by atoms with Gasteiger partial charge in [-0.15, -0.1) is 17.8 Å². The summed E-state index contributed by atoms with van der Waals surface area (Å²) in [6, 6.07) is 7.25. The first-order chi connectivity index (χ1) is 11.9. The number of hydrogen-bond acceptors (Lipinski definition) is 4. The number of carboxylic acids is 1. The second-order valence-corrected chi connectivity index (χ2v) is 6.91. The average molecular weight is 373 g/mol. The highest BCUT2D eigenvalue weighted by atomic mass is 35.5. The van der Waals surface area contributed by atoms with E-state index in [1.807, 2.05) is 12.1 Å². The third-order valence-corrected chi connectivity index (χ3v) is 5.23. The first-order valence-corrected chi connectivity index (χ1v) is 8.55. The second kappa shape index (κ2) is 6.71. The third kappa shape index (κ3) is 3.16. The predicted molar refractivity (Wildman–Crippen MR) is 98.7 cm³/mol. The molecule has 0 aliphatic heterocycles. The molecule has 0 radical (unpaired) electrons. The van der Waals surface area contributed by atoms with Crippen molar-refractivity contribution in [3.8, 4) is 12.3 Å². The first kappa shape index (κ1) is 17.2. The maximum absolute atomic E-state index is 12.9. The van der Waals surface area contributed by atoms with Crippen LogP contribution in [0.25, 0.3) is 10.2 Å². The Morgan fingerprint density at radius 3 is 2.88 bits per heavy atom. The molecule has 3 rings (SSSR count). The molecule has 5 nitrogen and oxygen atoms in total. The minimum absolute atomic E-state index is 0.0648. The number of thiophene rings is 1. The number of carboxylic acid groups (broad SMARTS) is 1. The Morgan fingerprint density at radius 2 is 2.24 bits per heavy atom. The number of aromatic nitrogens is 2. The molecule has 0 saturated heterocycles. The summed E-state index contributed by atoms with van der Waals surface area (Å²) in [7, 11) is 0. The maximum Gasteiger partial charge on any atom is 0.346 e. The highest BCUT2D eigenvalue weighted by molar-refractivity contribution is 7.20. The Bertz CT molecular complexity index is 1090. The highest BCUT2D eigenvalue weighted by Crippen LogP contribution is 2.27. The van der Waals surface area contributed by atoms with Crippen molar-refractivity contribution in [3.05, 3.63) is 61.5 Å². The molecule has 0 aliphatic rings. The number of benzene rings is 1. The smallest absolute Gasteiger partial charge is 0.346 e. The van der Waals surface area contributed by atoms with Gasteiger partial charge in [0.05, 0.1) is 11.9 Å². The molecule has 0 atom stereocenters. The van der Waals surface area contributed by atoms with Crippen LogP contribution < -0.4 is 5.56 Å². The molecule has 7 heteroatoms. The summed E-state index contributed by atoms with van der Waals surface area (Å²) in [6.07, 6.45) is 5.77. The minimum Gasteiger partial charge on any atom is -0.477 e. The van der Waals surface area contributed by atoms with Crippen molar-refractivity contribution in [1.29, 1.82) is 0 Å². The van der Waals surface area contributed by atoms with Gasteiger partial charge in [0.25, 0.3) is 5.56 Å². The fourth-order valence-corrected chi connectivity index (χ4v) is 3.92. The van der Waals surface area contributed by atoms with Crippen molar-refractivity contribution in [2.24, 2.45) is 0 Å². The fraction of sp³-hybridized carbons (Fsp3) is 0.167. The summed E-state index contributed by atoms with van der Waals surface area (Å²) in [5, 5.41) is 10.2. The van der Waals surface area contributed by atoms with Gasteiger partial charge >= 0.3 is 5.97 Å². The first-order valence-electron chi connectivity index (χ1n) is 7.36. The summed E-state index contributed by atoms with van der Waals surface area (Å²) in [6.45, 7) is 1.68. The lowest BCUT2D eigenvalue weighted by molar-refractivity contribution is 0.0701. The number of nitrogens with zero attached hydrogens (tertiary/aromatic N) is 2. The average Bonchev–Trinajstić information content (AvgIpc) is 2.88. The monoisotopic (exact) mass is 372 g/mol. The van der Waals surface area contributed by atoms with Crippen LogP contribution in [0.3, 0.4) is 0 Å². The Labute approximate surface area is 152 Å². The van der Waals surface area contributed by atoms with E-state index in [1.165, 1.54) is 4.57 Å². The SMILES string of the molecule is C#CCn1c(Cc2cccc(Cl)c2)nc2sc(C(=O)O)c(C)c2c1=O. The zero-order valence-electron chi connectivity index (χ0n) is 13.2. The van der Waals surface area contributed by atoms with E-state index in [0.29, 0.717) is 33.0 Å². The van der Waals surface area contributed by atoms with Crippen LogP contribution in [0.15, 0.2) is 29.1 Å². The van der Waals surface area contributed by atoms with Crippen LogP contribution in [0.1, 0.15) is 26.6 Å². The molecule has 3 aromatic rings. The Kier molecular flexibility index (Phi) is 4.62. The van der Waals surface area contributed by atoms with Crippen LogP contribution in [0.2, 0.25) is 5.02 Å². The van der Waals surface area contributed by atoms with Crippen molar-refractivity contribution in [2.75, 3.05) is 0 Å². The zero-order valence-corrected chi connectivity index (χ0v) is 14.8. The van der Waals surface area contributed by atoms with Gasteiger partial charge in [-0.25, -0.2) is 9.78 Å². The normalized spacial score (nSPS) is 10.8. The molecule has 0 unspecified atom stereocenters. The van der Waals surface area contributed by atoms with Gasteiger partial charge in [-0.2, -0.15) is 0 Å². The summed E-state index contributed by atoms with van der Waals surface area (Å²) < 4.78 is 1.41. The fourth-order valence-electron chi connectivity index (χ4n) is 2.68. The topological polar surface area (TPSA) is 72.2 Å². The summed E-state index contributed by atoms with van der Waals surface area (Å²) in [5.41, 5.74) is 0.988. The van der Waals surface area contributed by atoms with Gasteiger partial charge in [-0.1, -0.05) is 29.7 Å². The molecule has 1 N–H and O–H groups in total. The van der Waals surface area contributed by atoms with Gasteiger partial charge in [-0.3, -0.25) is 9.36 Å². The molecule has 1 aromatic carbocycles. The lowest BCUT2D eigenvalue weighted by atomic mass is 10.1. The van der Waals surface area contributed by atoms with E-state index in [1.54, 1.807) is 19.1 Å². The predicted octanol–water partition coefficient (Wildman–Crippen LogP) is 3.34. The minimum atomic E-state index is -1.07. The number of aryl methyl sites for hydroxylation is 1. The summed E-state index contributed by atoms with van der Waals surface area (Å²) in [5.74, 6) is 1.87. The molecule has 0 fully saturated rings. The molecule has 2 aromatic heterocycles. The Hall–Kier alpha value is -2.62. The number of fused-ring (bicyclic) bond motifs is 1. The van der Waals surface area contributed by atoms with Crippen LogP contribution in [0.5, 0.6) is 0 Å². The Morgan fingerprint density at radius 1 is 1.48 bits per heavy atom. The van der Waals surface area contributed by atoms with E-state index in [4.69, 9.17) is 18.0 Å². The zero-order chi connectivity index (χ0) is 18.1. The van der Waals surface area contributed by atoms with Crippen molar-refractivity contribution in [2.45, 2.75) is 19.9 Å². The van der Waals surface area contributed by atoms with E-state index in [9.17, 15) is 14.7 Å². The molecule has 0 saturated carbocycles. The highest BCUT2D eigenvalue weighted by Gasteiger charge is 2.21. The van der Waals surface area contributed by atoms with Gasteiger partial charge in [0, 0.05) is 11.4 Å². The molecule has 126 valence electrons. The number of carbonyl (C=O) groups is 1. The van der Waals surface area contributed by atoms with Crippen molar-refractivity contribution < 1.29 is 9.90 Å². The molecule has 0 aliphatic carbocycles. The van der Waals surface area contributed by atoms with Gasteiger partial charge in [-0.05, 0) is 30.2 Å². The number of aromatic carboxylic acids is 1. The molecular formula is C18H13ClN2O3S. The standard InChI is InChI=1S/C18H13ClN2O3S/c1-3-7-21-13(9-11-5-4-6-12(19)8-11)20-16-14(17(21)22)10(2)15(25-16)18(23)24/h1,4-6,8H,7,9H2,2H3,(H,23,24). The van der Waals surface area contributed by atoms with Crippen LogP contribution in [-0.4, -0.2) is 20.6 Å². The molecule has 25 heavy (non-hydrogen) atoms. The van der Waals surface area contributed by atoms with Crippen molar-refractivity contribution in [3.63, 3.8) is 0 Å².